The molecule has 0 saturated heterocycles. The second-order valence-electron chi connectivity index (χ2n) is 5.11. The molecule has 114 valence electrons. The molecule has 0 aromatic rings. The largest absolute Gasteiger partial charge is 0.469 e. The number of methoxy groups -OCH3 is 2. The summed E-state index contributed by atoms with van der Waals surface area (Å²) < 4.78 is 9.17. The van der Waals surface area contributed by atoms with E-state index >= 15 is 0 Å². The maximum Gasteiger partial charge on any atom is 0.328 e. The molecule has 20 heavy (non-hydrogen) atoms. The number of ether oxygens (including phenoxy) is 2. The van der Waals surface area contributed by atoms with E-state index in [1.54, 1.807) is 0 Å². The molecule has 1 aliphatic rings. The minimum Gasteiger partial charge on any atom is -0.469 e. The lowest BCUT2D eigenvalue weighted by atomic mass is 10.0. The number of esters is 2. The molecule has 0 heterocycles. The van der Waals surface area contributed by atoms with E-state index in [0.717, 1.165) is 12.8 Å². The average molecular weight is 285 g/mol. The molecule has 0 bridgehead atoms. The maximum absolute atomic E-state index is 11.9. The summed E-state index contributed by atoms with van der Waals surface area (Å²) in [4.78, 5) is 34.6. The van der Waals surface area contributed by atoms with Gasteiger partial charge in [0.2, 0.25) is 5.91 Å². The highest BCUT2D eigenvalue weighted by Crippen LogP contribution is 2.27. The molecule has 1 fully saturated rings. The number of amides is 1. The summed E-state index contributed by atoms with van der Waals surface area (Å²) in [5.74, 6) is -0.691. The monoisotopic (exact) mass is 285 g/mol. The van der Waals surface area contributed by atoms with Crippen LogP contribution in [-0.4, -0.2) is 38.1 Å². The molecule has 6 nitrogen and oxygen atoms in total. The van der Waals surface area contributed by atoms with E-state index in [0.29, 0.717) is 12.3 Å². The average Bonchev–Trinajstić information content (AvgIpc) is 2.94. The third-order valence-electron chi connectivity index (χ3n) is 3.63. The number of nitrogens with one attached hydrogen (secondary N) is 1. The Morgan fingerprint density at radius 3 is 2.35 bits per heavy atom. The number of carbonyl (C=O) groups is 3. The Morgan fingerprint density at radius 1 is 1.15 bits per heavy atom. The fourth-order valence-electron chi connectivity index (χ4n) is 2.49. The van der Waals surface area contributed by atoms with Crippen molar-refractivity contribution in [2.24, 2.45) is 5.92 Å². The molecule has 6 heteroatoms. The van der Waals surface area contributed by atoms with Crippen LogP contribution in [0.1, 0.15) is 44.9 Å². The van der Waals surface area contributed by atoms with E-state index in [-0.39, 0.29) is 18.7 Å². The molecular formula is C14H23NO5. The van der Waals surface area contributed by atoms with Crippen molar-refractivity contribution in [2.75, 3.05) is 14.2 Å². The Labute approximate surface area is 119 Å². The van der Waals surface area contributed by atoms with E-state index in [1.807, 2.05) is 0 Å². The third kappa shape index (κ3) is 5.59. The van der Waals surface area contributed by atoms with Crippen LogP contribution >= 0.6 is 0 Å². The van der Waals surface area contributed by atoms with Gasteiger partial charge < -0.3 is 14.8 Å². The van der Waals surface area contributed by atoms with Gasteiger partial charge in [0.15, 0.2) is 0 Å². The highest BCUT2D eigenvalue weighted by Gasteiger charge is 2.25. The summed E-state index contributed by atoms with van der Waals surface area (Å²) >= 11 is 0. The summed E-state index contributed by atoms with van der Waals surface area (Å²) in [6.45, 7) is 0. The van der Waals surface area contributed by atoms with Gasteiger partial charge in [-0.3, -0.25) is 9.59 Å². The van der Waals surface area contributed by atoms with Crippen LogP contribution < -0.4 is 5.32 Å². The van der Waals surface area contributed by atoms with E-state index in [9.17, 15) is 14.4 Å². The van der Waals surface area contributed by atoms with Crippen molar-refractivity contribution >= 4 is 17.8 Å². The van der Waals surface area contributed by atoms with Crippen LogP contribution in [0.15, 0.2) is 0 Å². The summed E-state index contributed by atoms with van der Waals surface area (Å²) in [7, 11) is 2.55. The summed E-state index contributed by atoms with van der Waals surface area (Å²) in [5.41, 5.74) is 0. The lowest BCUT2D eigenvalue weighted by Gasteiger charge is -2.17. The molecule has 0 spiro atoms. The van der Waals surface area contributed by atoms with Gasteiger partial charge in [0.25, 0.3) is 0 Å². The van der Waals surface area contributed by atoms with E-state index < -0.39 is 18.0 Å². The molecule has 1 rings (SSSR count). The predicted octanol–water partition coefficient (Wildman–Crippen LogP) is 1.18. The van der Waals surface area contributed by atoms with Gasteiger partial charge in [0, 0.05) is 12.8 Å². The number of carbonyl (C=O) groups excluding carboxylic acids is 3. The predicted molar refractivity (Wildman–Crippen MR) is 71.8 cm³/mol. The van der Waals surface area contributed by atoms with Crippen LogP contribution in [0.3, 0.4) is 0 Å². The second kappa shape index (κ2) is 8.55. The highest BCUT2D eigenvalue weighted by atomic mass is 16.5. The number of hydrogen-bond donors (Lipinski definition) is 1. The van der Waals surface area contributed by atoms with Crippen molar-refractivity contribution in [1.29, 1.82) is 0 Å². The molecule has 1 atom stereocenters. The van der Waals surface area contributed by atoms with Crippen molar-refractivity contribution < 1.29 is 23.9 Å². The van der Waals surface area contributed by atoms with Crippen LogP contribution in [0, 0.1) is 5.92 Å². The van der Waals surface area contributed by atoms with Crippen LogP contribution in [0.5, 0.6) is 0 Å². The molecule has 1 aliphatic carbocycles. The Bertz CT molecular complexity index is 349. The van der Waals surface area contributed by atoms with Crippen LogP contribution in [0.25, 0.3) is 0 Å². The molecule has 0 aromatic carbocycles. The van der Waals surface area contributed by atoms with Gasteiger partial charge in [-0.05, 0) is 25.2 Å². The fraction of sp³-hybridized carbons (Fsp3) is 0.786. The Balaban J connectivity index is 2.43. The first-order valence-corrected chi connectivity index (χ1v) is 7.00. The summed E-state index contributed by atoms with van der Waals surface area (Å²) in [5, 5.41) is 2.65. The summed E-state index contributed by atoms with van der Waals surface area (Å²) in [6.07, 6.45) is 5.17. The SMILES string of the molecule is COC(=O)CC[C@H](NC(=O)CC1CCCC1)C(=O)OC. The van der Waals surface area contributed by atoms with Crippen LogP contribution in [0.2, 0.25) is 0 Å². The molecule has 0 radical (unpaired) electrons. The van der Waals surface area contributed by atoms with Crippen LogP contribution in [0.4, 0.5) is 0 Å². The van der Waals surface area contributed by atoms with Gasteiger partial charge in [0.05, 0.1) is 14.2 Å². The van der Waals surface area contributed by atoms with Gasteiger partial charge in [-0.2, -0.15) is 0 Å². The lowest BCUT2D eigenvalue weighted by Crippen LogP contribution is -2.42. The Kier molecular flexibility index (Phi) is 7.04. The van der Waals surface area contributed by atoms with Gasteiger partial charge in [0.1, 0.15) is 6.04 Å². The first-order valence-electron chi connectivity index (χ1n) is 7.00. The molecule has 1 amide bonds. The van der Waals surface area contributed by atoms with Crippen molar-refractivity contribution in [3.63, 3.8) is 0 Å². The summed E-state index contributed by atoms with van der Waals surface area (Å²) in [6, 6.07) is -0.784. The Hall–Kier alpha value is -1.59. The zero-order valence-electron chi connectivity index (χ0n) is 12.1. The van der Waals surface area contributed by atoms with Crippen LogP contribution in [-0.2, 0) is 23.9 Å². The smallest absolute Gasteiger partial charge is 0.328 e. The number of rotatable bonds is 7. The van der Waals surface area contributed by atoms with Crippen molar-refractivity contribution in [1.82, 2.24) is 5.32 Å². The van der Waals surface area contributed by atoms with Gasteiger partial charge >= 0.3 is 11.9 Å². The first kappa shape index (κ1) is 16.5. The maximum atomic E-state index is 11.9. The molecule has 1 N–H and O–H groups in total. The van der Waals surface area contributed by atoms with Gasteiger partial charge in [-0.25, -0.2) is 4.79 Å². The van der Waals surface area contributed by atoms with Crippen molar-refractivity contribution in [3.8, 4) is 0 Å². The van der Waals surface area contributed by atoms with Crippen molar-refractivity contribution in [3.05, 3.63) is 0 Å². The van der Waals surface area contributed by atoms with E-state index in [4.69, 9.17) is 0 Å². The van der Waals surface area contributed by atoms with E-state index in [1.165, 1.54) is 27.1 Å². The topological polar surface area (TPSA) is 81.7 Å². The van der Waals surface area contributed by atoms with Gasteiger partial charge in [-0.1, -0.05) is 12.8 Å². The quantitative estimate of drug-likeness (QED) is 0.710. The lowest BCUT2D eigenvalue weighted by molar-refractivity contribution is -0.146. The number of hydrogen-bond acceptors (Lipinski definition) is 5. The zero-order chi connectivity index (χ0) is 15.0. The fourth-order valence-corrected chi connectivity index (χ4v) is 2.49. The molecule has 1 saturated carbocycles. The molecule has 0 unspecified atom stereocenters. The minimum absolute atomic E-state index is 0.0694. The third-order valence-corrected chi connectivity index (χ3v) is 3.63. The highest BCUT2D eigenvalue weighted by molar-refractivity contribution is 5.85. The molecule has 0 aliphatic heterocycles. The zero-order valence-corrected chi connectivity index (χ0v) is 12.1. The molecular weight excluding hydrogens is 262 g/mol. The minimum atomic E-state index is -0.784. The normalized spacial score (nSPS) is 16.5. The van der Waals surface area contributed by atoms with E-state index in [2.05, 4.69) is 14.8 Å². The first-order chi connectivity index (χ1) is 9.56. The standard InChI is InChI=1S/C14H23NO5/c1-19-13(17)8-7-11(14(18)20-2)15-12(16)9-10-5-3-4-6-10/h10-11H,3-9H2,1-2H3,(H,15,16)/t11-/m0/s1. The van der Waals surface area contributed by atoms with Gasteiger partial charge in [-0.15, -0.1) is 0 Å². The molecule has 0 aromatic heterocycles. The Morgan fingerprint density at radius 2 is 1.80 bits per heavy atom. The second-order valence-corrected chi connectivity index (χ2v) is 5.11. The van der Waals surface area contributed by atoms with Crippen molar-refractivity contribution in [2.45, 2.75) is 51.0 Å².